The molecule has 0 spiro atoms. The second-order valence-electron chi connectivity index (χ2n) is 10.9. The molecular weight excluding hydrogens is 526 g/mol. The number of H-pyrrole nitrogens is 1. The molecule has 3 aromatic carbocycles. The Morgan fingerprint density at radius 3 is 2.36 bits per heavy atom. The smallest absolute Gasteiger partial charge is 0.246 e. The number of nitrogens with one attached hydrogen (secondary N) is 3. The molecule has 0 fully saturated rings. The minimum Gasteiger partial charge on any atom is -0.357 e. The van der Waals surface area contributed by atoms with Gasteiger partial charge in [-0.2, -0.15) is 0 Å². The molecule has 1 aromatic heterocycles. The Balaban J connectivity index is 1.41. The molecule has 42 heavy (non-hydrogen) atoms. The largest absolute Gasteiger partial charge is 0.357 e. The fraction of sp³-hybridized carbons (Fsp3) is 0.324. The van der Waals surface area contributed by atoms with Crippen molar-refractivity contribution in [1.82, 2.24) is 20.5 Å². The van der Waals surface area contributed by atoms with Gasteiger partial charge in [-0.15, -0.1) is 0 Å². The summed E-state index contributed by atoms with van der Waals surface area (Å²) in [5.74, 6) is -0.643. The maximum absolute atomic E-state index is 14.2. The summed E-state index contributed by atoms with van der Waals surface area (Å²) in [5, 5.41) is 7.10. The third-order valence-electron chi connectivity index (χ3n) is 7.96. The van der Waals surface area contributed by atoms with Crippen molar-refractivity contribution in [2.24, 2.45) is 5.73 Å². The van der Waals surface area contributed by atoms with Crippen molar-refractivity contribution < 1.29 is 14.4 Å². The molecule has 1 aliphatic rings. The predicted octanol–water partition coefficient (Wildman–Crippen LogP) is 3.98. The molecule has 0 bridgehead atoms. The van der Waals surface area contributed by atoms with Gasteiger partial charge in [-0.05, 0) is 55.0 Å². The van der Waals surface area contributed by atoms with Gasteiger partial charge in [-0.3, -0.25) is 14.4 Å². The molecule has 0 saturated heterocycles. The number of aromatic amines is 1. The number of hydrogen-bond donors (Lipinski definition) is 4. The maximum atomic E-state index is 14.2. The van der Waals surface area contributed by atoms with Gasteiger partial charge in [-0.1, -0.05) is 78.9 Å². The van der Waals surface area contributed by atoms with Gasteiger partial charge in [-0.25, -0.2) is 0 Å². The second kappa shape index (κ2) is 14.0. The van der Waals surface area contributed by atoms with Crippen LogP contribution in [-0.4, -0.2) is 46.2 Å². The predicted molar refractivity (Wildman–Crippen MR) is 164 cm³/mol. The minimum atomic E-state index is -0.785. The first-order valence-corrected chi connectivity index (χ1v) is 14.8. The number of rotatable bonds is 12. The Morgan fingerprint density at radius 2 is 1.62 bits per heavy atom. The molecule has 5 rings (SSSR count). The molecule has 1 aliphatic heterocycles. The summed E-state index contributed by atoms with van der Waals surface area (Å²) < 4.78 is 0. The number of carbonyl (C=O) groups is 3. The van der Waals surface area contributed by atoms with E-state index in [4.69, 9.17) is 5.73 Å². The molecule has 4 aromatic rings. The van der Waals surface area contributed by atoms with Crippen molar-refractivity contribution in [2.75, 3.05) is 6.54 Å². The summed E-state index contributed by atoms with van der Waals surface area (Å²) in [5.41, 5.74) is 10.7. The summed E-state index contributed by atoms with van der Waals surface area (Å²) >= 11 is 0. The summed E-state index contributed by atoms with van der Waals surface area (Å²) in [6.45, 7) is 1.14. The molecular formula is C34H39N5O3. The number of hydrogen-bond acceptors (Lipinski definition) is 4. The number of fused-ring (bicyclic) bond motifs is 3. The molecule has 8 nitrogen and oxygen atoms in total. The van der Waals surface area contributed by atoms with Crippen LogP contribution in [0, 0.1) is 0 Å². The Bertz CT molecular complexity index is 1500. The van der Waals surface area contributed by atoms with Gasteiger partial charge in [0, 0.05) is 36.0 Å². The van der Waals surface area contributed by atoms with Crippen LogP contribution in [-0.2, 0) is 40.3 Å². The van der Waals surface area contributed by atoms with Crippen molar-refractivity contribution in [1.29, 1.82) is 0 Å². The first kappa shape index (κ1) is 29.1. The summed E-state index contributed by atoms with van der Waals surface area (Å²) in [6, 6.07) is 26.0. The fourth-order valence-electron chi connectivity index (χ4n) is 5.72. The summed E-state index contributed by atoms with van der Waals surface area (Å²) in [4.78, 5) is 46.2. The van der Waals surface area contributed by atoms with Gasteiger partial charge in [0.1, 0.15) is 12.1 Å². The van der Waals surface area contributed by atoms with Crippen LogP contribution in [0.25, 0.3) is 10.9 Å². The molecule has 5 N–H and O–H groups in total. The van der Waals surface area contributed by atoms with Crippen molar-refractivity contribution in [3.05, 3.63) is 107 Å². The Labute approximate surface area is 246 Å². The van der Waals surface area contributed by atoms with Crippen LogP contribution in [0.3, 0.4) is 0 Å². The van der Waals surface area contributed by atoms with Crippen LogP contribution >= 0.6 is 0 Å². The van der Waals surface area contributed by atoms with Crippen molar-refractivity contribution in [3.63, 3.8) is 0 Å². The van der Waals surface area contributed by atoms with Crippen LogP contribution in [0.5, 0.6) is 0 Å². The Kier molecular flexibility index (Phi) is 9.66. The van der Waals surface area contributed by atoms with E-state index in [1.165, 1.54) is 0 Å². The van der Waals surface area contributed by atoms with Gasteiger partial charge in [0.05, 0.1) is 6.54 Å². The number of carbonyl (C=O) groups excluding carboxylic acids is 3. The number of amides is 3. The van der Waals surface area contributed by atoms with Gasteiger partial charge < -0.3 is 26.3 Å². The number of benzene rings is 3. The van der Waals surface area contributed by atoms with Crippen molar-refractivity contribution in [3.8, 4) is 0 Å². The Morgan fingerprint density at radius 1 is 0.929 bits per heavy atom. The number of para-hydroxylation sites is 1. The average molecular weight is 566 g/mol. The third-order valence-corrected chi connectivity index (χ3v) is 7.96. The zero-order valence-corrected chi connectivity index (χ0v) is 23.9. The molecule has 8 heteroatoms. The van der Waals surface area contributed by atoms with E-state index in [-0.39, 0.29) is 30.7 Å². The van der Waals surface area contributed by atoms with E-state index in [1.807, 2.05) is 84.9 Å². The molecule has 0 radical (unpaired) electrons. The van der Waals surface area contributed by atoms with Crippen molar-refractivity contribution >= 4 is 28.6 Å². The lowest BCUT2D eigenvalue weighted by molar-refractivity contribution is -0.144. The molecule has 0 aliphatic carbocycles. The third kappa shape index (κ3) is 7.06. The number of aryl methyl sites for hydroxylation is 1. The molecule has 3 amide bonds. The highest BCUT2D eigenvalue weighted by Crippen LogP contribution is 2.29. The van der Waals surface area contributed by atoms with Gasteiger partial charge in [0.15, 0.2) is 0 Å². The second-order valence-corrected chi connectivity index (χ2v) is 10.9. The van der Waals surface area contributed by atoms with E-state index in [0.717, 1.165) is 39.7 Å². The fourth-order valence-corrected chi connectivity index (χ4v) is 5.72. The Hall–Kier alpha value is -4.43. The van der Waals surface area contributed by atoms with Crippen molar-refractivity contribution in [2.45, 2.75) is 63.7 Å². The highest BCUT2D eigenvalue weighted by Gasteiger charge is 2.38. The van der Waals surface area contributed by atoms with E-state index < -0.39 is 12.1 Å². The van der Waals surface area contributed by atoms with Crippen LogP contribution in [0.1, 0.15) is 48.1 Å². The summed E-state index contributed by atoms with van der Waals surface area (Å²) in [6.07, 6.45) is 3.14. The van der Waals surface area contributed by atoms with E-state index >= 15 is 0 Å². The molecule has 218 valence electrons. The van der Waals surface area contributed by atoms with Crippen LogP contribution < -0.4 is 16.4 Å². The highest BCUT2D eigenvalue weighted by molar-refractivity contribution is 5.94. The first-order valence-electron chi connectivity index (χ1n) is 14.8. The molecule has 2 atom stereocenters. The number of nitrogens with two attached hydrogens (primary N) is 1. The lowest BCUT2D eigenvalue weighted by atomic mass is 10.0. The normalized spacial score (nSPS) is 15.6. The topological polar surface area (TPSA) is 120 Å². The van der Waals surface area contributed by atoms with E-state index in [9.17, 15) is 14.4 Å². The quantitative estimate of drug-likeness (QED) is 0.194. The number of unbranched alkanes of at least 4 members (excludes halogenated alkanes) is 1. The van der Waals surface area contributed by atoms with Gasteiger partial charge in [0.25, 0.3) is 0 Å². The van der Waals surface area contributed by atoms with Gasteiger partial charge in [0.2, 0.25) is 17.7 Å². The van der Waals surface area contributed by atoms with E-state index in [2.05, 4.69) is 15.6 Å². The van der Waals surface area contributed by atoms with E-state index in [0.29, 0.717) is 38.8 Å². The molecule has 0 saturated carbocycles. The monoisotopic (exact) mass is 565 g/mol. The van der Waals surface area contributed by atoms with Crippen LogP contribution in [0.15, 0.2) is 84.9 Å². The maximum Gasteiger partial charge on any atom is 0.246 e. The number of nitrogens with zero attached hydrogens (tertiary/aromatic N) is 1. The lowest BCUT2D eigenvalue weighted by Gasteiger charge is -2.32. The minimum absolute atomic E-state index is 0.186. The molecule has 2 heterocycles. The van der Waals surface area contributed by atoms with Gasteiger partial charge >= 0.3 is 0 Å². The zero-order chi connectivity index (χ0) is 29.3. The summed E-state index contributed by atoms with van der Waals surface area (Å²) in [7, 11) is 0. The zero-order valence-electron chi connectivity index (χ0n) is 23.9. The standard InChI is InChI=1S/C34H39N5O3/c35-20-10-9-17-31(33(41)36-22-25-13-5-2-6-14-25)39-23-30-27(26-15-7-8-16-28(26)37-30)21-29(34(39)42)38-32(40)19-18-24-11-3-1-4-12-24/h1-8,11-16,29,31,37H,9-10,17-23,35H2,(H,36,41)(H,38,40)/t29-,31+/m1/s1. The lowest BCUT2D eigenvalue weighted by Crippen LogP contribution is -2.55. The van der Waals surface area contributed by atoms with Crippen LogP contribution in [0.2, 0.25) is 0 Å². The first-order chi connectivity index (χ1) is 20.5. The van der Waals surface area contributed by atoms with Crippen LogP contribution in [0.4, 0.5) is 0 Å². The number of aromatic nitrogens is 1. The SMILES string of the molecule is NCCCC[C@@H](C(=O)NCc1ccccc1)N1Cc2[nH]c3ccccc3c2C[C@@H](NC(=O)CCc2ccccc2)C1=O. The van der Waals surface area contributed by atoms with E-state index in [1.54, 1.807) is 4.90 Å². The molecule has 0 unspecified atom stereocenters. The average Bonchev–Trinajstić information content (AvgIpc) is 3.30. The highest BCUT2D eigenvalue weighted by atomic mass is 16.2.